The molecule has 1 heterocycles. The topological polar surface area (TPSA) is 77.9 Å². The number of likely N-dealkylation sites (tertiary alicyclic amines) is 1. The van der Waals surface area contributed by atoms with Gasteiger partial charge in [0.2, 0.25) is 0 Å². The summed E-state index contributed by atoms with van der Waals surface area (Å²) in [5, 5.41) is 10.7. The standard InChI is InChI=1S/C18H28N2O4S/c1-4-20(17(21)18(22)9-11-19(3)12-10-18)13-14-25(23,24)16-7-5-15(2)6-8-16/h5-8,22H,4,9-14H2,1-3H3. The highest BCUT2D eigenvalue weighted by Crippen LogP contribution is 2.24. The van der Waals surface area contributed by atoms with E-state index in [1.807, 2.05) is 14.0 Å². The normalized spacial score (nSPS) is 18.1. The molecule has 7 heteroatoms. The van der Waals surface area contributed by atoms with Crippen LogP contribution in [0, 0.1) is 6.92 Å². The maximum atomic E-state index is 12.7. The van der Waals surface area contributed by atoms with Crippen molar-refractivity contribution in [2.45, 2.75) is 37.2 Å². The molecule has 0 radical (unpaired) electrons. The lowest BCUT2D eigenvalue weighted by atomic mass is 9.90. The number of carbonyl (C=O) groups is 1. The molecule has 0 aromatic heterocycles. The zero-order chi connectivity index (χ0) is 18.7. The number of likely N-dealkylation sites (N-methyl/N-ethyl adjacent to an activating group) is 1. The van der Waals surface area contributed by atoms with Crippen LogP contribution in [0.4, 0.5) is 0 Å². The maximum Gasteiger partial charge on any atom is 0.254 e. The van der Waals surface area contributed by atoms with E-state index in [4.69, 9.17) is 0 Å². The first-order valence-electron chi connectivity index (χ1n) is 8.68. The molecule has 0 unspecified atom stereocenters. The molecule has 1 saturated heterocycles. The molecule has 2 rings (SSSR count). The van der Waals surface area contributed by atoms with Gasteiger partial charge in [-0.25, -0.2) is 8.42 Å². The largest absolute Gasteiger partial charge is 0.380 e. The van der Waals surface area contributed by atoms with Crippen molar-refractivity contribution in [3.05, 3.63) is 29.8 Å². The van der Waals surface area contributed by atoms with Gasteiger partial charge in [0.25, 0.3) is 5.91 Å². The Morgan fingerprint density at radius 2 is 1.80 bits per heavy atom. The first-order valence-corrected chi connectivity index (χ1v) is 10.3. The van der Waals surface area contributed by atoms with E-state index in [9.17, 15) is 18.3 Å². The van der Waals surface area contributed by atoms with Crippen molar-refractivity contribution in [2.75, 3.05) is 39.0 Å². The SMILES string of the molecule is CCN(CCS(=O)(=O)c1ccc(C)cc1)C(=O)C1(O)CCN(C)CC1. The van der Waals surface area contributed by atoms with E-state index in [2.05, 4.69) is 4.90 Å². The third-order valence-electron chi connectivity index (χ3n) is 4.89. The lowest BCUT2D eigenvalue weighted by molar-refractivity contribution is -0.155. The quantitative estimate of drug-likeness (QED) is 0.813. The van der Waals surface area contributed by atoms with Crippen LogP contribution in [0.5, 0.6) is 0 Å². The first-order chi connectivity index (χ1) is 11.7. The molecular weight excluding hydrogens is 340 g/mol. The number of amides is 1. The molecule has 0 aliphatic carbocycles. The number of hydrogen-bond donors (Lipinski definition) is 1. The van der Waals surface area contributed by atoms with Gasteiger partial charge in [-0.15, -0.1) is 0 Å². The van der Waals surface area contributed by atoms with Crippen LogP contribution in [0.15, 0.2) is 29.2 Å². The monoisotopic (exact) mass is 368 g/mol. The van der Waals surface area contributed by atoms with Crippen molar-refractivity contribution in [1.29, 1.82) is 0 Å². The van der Waals surface area contributed by atoms with Gasteiger partial charge in [-0.2, -0.15) is 0 Å². The predicted octanol–water partition coefficient (Wildman–Crippen LogP) is 1.07. The average Bonchev–Trinajstić information content (AvgIpc) is 2.58. The summed E-state index contributed by atoms with van der Waals surface area (Å²) in [5.41, 5.74) is -0.385. The Kier molecular flexibility index (Phi) is 6.24. The number of nitrogens with zero attached hydrogens (tertiary/aromatic N) is 2. The molecule has 1 N–H and O–H groups in total. The van der Waals surface area contributed by atoms with Gasteiger partial charge in [0.05, 0.1) is 10.6 Å². The van der Waals surface area contributed by atoms with Crippen LogP contribution in [0.2, 0.25) is 0 Å². The Balaban J connectivity index is 2.04. The van der Waals surface area contributed by atoms with Crippen molar-refractivity contribution in [1.82, 2.24) is 9.80 Å². The van der Waals surface area contributed by atoms with E-state index in [0.29, 0.717) is 32.5 Å². The Morgan fingerprint density at radius 1 is 1.24 bits per heavy atom. The highest BCUT2D eigenvalue weighted by Gasteiger charge is 2.41. The average molecular weight is 368 g/mol. The number of benzene rings is 1. The van der Waals surface area contributed by atoms with E-state index in [-0.39, 0.29) is 23.1 Å². The first kappa shape index (κ1) is 19.9. The highest BCUT2D eigenvalue weighted by atomic mass is 32.2. The van der Waals surface area contributed by atoms with E-state index < -0.39 is 15.4 Å². The molecule has 1 aliphatic rings. The van der Waals surface area contributed by atoms with Crippen LogP contribution in [0.1, 0.15) is 25.3 Å². The van der Waals surface area contributed by atoms with Gasteiger partial charge in [-0.3, -0.25) is 4.79 Å². The highest BCUT2D eigenvalue weighted by molar-refractivity contribution is 7.91. The Morgan fingerprint density at radius 3 is 2.32 bits per heavy atom. The number of aliphatic hydroxyl groups is 1. The number of piperidine rings is 1. The van der Waals surface area contributed by atoms with Crippen molar-refractivity contribution in [3.63, 3.8) is 0 Å². The summed E-state index contributed by atoms with van der Waals surface area (Å²) in [4.78, 5) is 16.5. The summed E-state index contributed by atoms with van der Waals surface area (Å²) in [6.45, 7) is 5.47. The van der Waals surface area contributed by atoms with Crippen LogP contribution in [0.25, 0.3) is 0 Å². The Hall–Kier alpha value is -1.44. The van der Waals surface area contributed by atoms with E-state index >= 15 is 0 Å². The fourth-order valence-corrected chi connectivity index (χ4v) is 4.24. The summed E-state index contributed by atoms with van der Waals surface area (Å²) in [6, 6.07) is 6.70. The van der Waals surface area contributed by atoms with Crippen LogP contribution in [-0.2, 0) is 14.6 Å². The van der Waals surface area contributed by atoms with Crippen LogP contribution < -0.4 is 0 Å². The van der Waals surface area contributed by atoms with Crippen LogP contribution in [0.3, 0.4) is 0 Å². The molecule has 140 valence electrons. The van der Waals surface area contributed by atoms with Gasteiger partial charge < -0.3 is 14.9 Å². The lowest BCUT2D eigenvalue weighted by Crippen LogP contribution is -2.55. The third kappa shape index (κ3) is 4.80. The lowest BCUT2D eigenvalue weighted by Gasteiger charge is -2.38. The molecule has 6 nitrogen and oxygen atoms in total. The molecule has 0 spiro atoms. The summed E-state index contributed by atoms with van der Waals surface area (Å²) in [6.07, 6.45) is 0.757. The minimum absolute atomic E-state index is 0.0870. The molecule has 1 aromatic rings. The summed E-state index contributed by atoms with van der Waals surface area (Å²) in [7, 11) is -1.50. The second kappa shape index (κ2) is 7.85. The smallest absolute Gasteiger partial charge is 0.254 e. The molecule has 25 heavy (non-hydrogen) atoms. The van der Waals surface area contributed by atoms with E-state index in [1.165, 1.54) is 4.90 Å². The zero-order valence-corrected chi connectivity index (χ0v) is 16.1. The predicted molar refractivity (Wildman–Crippen MR) is 97.2 cm³/mol. The number of carbonyl (C=O) groups excluding carboxylic acids is 1. The second-order valence-electron chi connectivity index (χ2n) is 6.85. The van der Waals surface area contributed by atoms with Gasteiger partial charge in [-0.1, -0.05) is 17.7 Å². The van der Waals surface area contributed by atoms with Gasteiger partial charge in [0.1, 0.15) is 5.60 Å². The Bertz CT molecular complexity index is 692. The summed E-state index contributed by atoms with van der Waals surface area (Å²) in [5.74, 6) is -0.506. The maximum absolute atomic E-state index is 12.7. The zero-order valence-electron chi connectivity index (χ0n) is 15.2. The molecule has 0 bridgehead atoms. The molecule has 1 amide bonds. The van der Waals surface area contributed by atoms with Crippen molar-refractivity contribution >= 4 is 15.7 Å². The van der Waals surface area contributed by atoms with E-state index in [1.54, 1.807) is 31.2 Å². The van der Waals surface area contributed by atoms with Gasteiger partial charge in [0, 0.05) is 26.2 Å². The number of aryl methyl sites for hydroxylation is 1. The summed E-state index contributed by atoms with van der Waals surface area (Å²) >= 11 is 0. The van der Waals surface area contributed by atoms with Crippen molar-refractivity contribution in [2.24, 2.45) is 0 Å². The molecule has 1 fully saturated rings. The Labute approximate surface area is 150 Å². The molecule has 0 saturated carbocycles. The number of rotatable bonds is 6. The van der Waals surface area contributed by atoms with Gasteiger partial charge in [-0.05, 0) is 45.9 Å². The van der Waals surface area contributed by atoms with Gasteiger partial charge >= 0.3 is 0 Å². The molecule has 0 atom stereocenters. The van der Waals surface area contributed by atoms with Crippen LogP contribution >= 0.6 is 0 Å². The molecule has 1 aromatic carbocycles. The van der Waals surface area contributed by atoms with Crippen LogP contribution in [-0.4, -0.2) is 73.8 Å². The molecular formula is C18H28N2O4S. The second-order valence-corrected chi connectivity index (χ2v) is 8.96. The minimum Gasteiger partial charge on any atom is -0.380 e. The van der Waals surface area contributed by atoms with Gasteiger partial charge in [0.15, 0.2) is 9.84 Å². The fourth-order valence-electron chi connectivity index (χ4n) is 2.99. The van der Waals surface area contributed by atoms with E-state index in [0.717, 1.165) is 5.56 Å². The third-order valence-corrected chi connectivity index (χ3v) is 6.60. The summed E-state index contributed by atoms with van der Waals surface area (Å²) < 4.78 is 25.0. The van der Waals surface area contributed by atoms with Crippen molar-refractivity contribution < 1.29 is 18.3 Å². The number of sulfone groups is 1. The van der Waals surface area contributed by atoms with Crippen molar-refractivity contribution in [3.8, 4) is 0 Å². The number of hydrogen-bond acceptors (Lipinski definition) is 5. The minimum atomic E-state index is -3.46. The fraction of sp³-hybridized carbons (Fsp3) is 0.611. The molecule has 1 aliphatic heterocycles.